The monoisotopic (exact) mass is 524 g/mol. The number of benzene rings is 1. The second kappa shape index (κ2) is 13.0. The summed E-state index contributed by atoms with van der Waals surface area (Å²) < 4.78 is 29.2. The van der Waals surface area contributed by atoms with Gasteiger partial charge >= 0.3 is 12.1 Å². The van der Waals surface area contributed by atoms with Crippen molar-refractivity contribution >= 4 is 20.4 Å². The summed E-state index contributed by atoms with van der Waals surface area (Å²) in [6, 6.07) is 8.38. The van der Waals surface area contributed by atoms with E-state index in [9.17, 15) is 9.59 Å². The van der Waals surface area contributed by atoms with Crippen molar-refractivity contribution in [2.75, 3.05) is 13.2 Å². The smallest absolute Gasteiger partial charge is 0.422 e. The van der Waals surface area contributed by atoms with E-state index in [-0.39, 0.29) is 11.6 Å². The lowest BCUT2D eigenvalue weighted by Gasteiger charge is -2.42. The third kappa shape index (κ3) is 10.2. The van der Waals surface area contributed by atoms with Crippen LogP contribution >= 0.6 is 0 Å². The maximum Gasteiger partial charge on any atom is 0.422 e. The van der Waals surface area contributed by atoms with Crippen molar-refractivity contribution in [3.05, 3.63) is 35.9 Å². The van der Waals surface area contributed by atoms with E-state index in [1.165, 1.54) is 0 Å². The van der Waals surface area contributed by atoms with E-state index in [4.69, 9.17) is 23.4 Å². The van der Waals surface area contributed by atoms with E-state index in [1.54, 1.807) is 20.8 Å². The molecule has 0 aliphatic carbocycles. The maximum absolute atomic E-state index is 13.4. The molecule has 0 saturated carbocycles. The molecule has 1 aliphatic heterocycles. The van der Waals surface area contributed by atoms with Crippen molar-refractivity contribution in [2.45, 2.75) is 103 Å². The van der Waals surface area contributed by atoms with Crippen molar-refractivity contribution in [2.24, 2.45) is 0 Å². The molecule has 204 valence electrons. The van der Waals surface area contributed by atoms with Gasteiger partial charge < -0.3 is 23.4 Å². The highest BCUT2D eigenvalue weighted by Crippen LogP contribution is 2.38. The van der Waals surface area contributed by atoms with E-state index in [0.29, 0.717) is 19.6 Å². The fourth-order valence-electron chi connectivity index (χ4n) is 3.23. The van der Waals surface area contributed by atoms with E-state index in [0.717, 1.165) is 12.0 Å². The van der Waals surface area contributed by atoms with Crippen LogP contribution in [0.4, 0.5) is 4.79 Å². The van der Waals surface area contributed by atoms with Gasteiger partial charge in [-0.2, -0.15) is 0 Å². The van der Waals surface area contributed by atoms with E-state index in [1.807, 2.05) is 30.3 Å². The zero-order valence-electron chi connectivity index (χ0n) is 23.0. The van der Waals surface area contributed by atoms with Crippen molar-refractivity contribution in [1.29, 1.82) is 0 Å². The van der Waals surface area contributed by atoms with Gasteiger partial charge in [-0.1, -0.05) is 51.1 Å². The maximum atomic E-state index is 13.4. The molecule has 1 aromatic rings. The van der Waals surface area contributed by atoms with Gasteiger partial charge in [0.15, 0.2) is 14.6 Å². The summed E-state index contributed by atoms with van der Waals surface area (Å²) in [4.78, 5) is 25.8. The number of esters is 1. The summed E-state index contributed by atoms with van der Waals surface area (Å²) in [5.41, 5.74) is 5.49. The highest BCUT2D eigenvalue weighted by atomic mass is 28.4. The van der Waals surface area contributed by atoms with Crippen LogP contribution in [0.5, 0.6) is 0 Å². The van der Waals surface area contributed by atoms with Crippen LogP contribution in [0.2, 0.25) is 18.1 Å². The molecule has 1 amide bonds. The Bertz CT molecular complexity index is 831. The first-order valence-electron chi connectivity index (χ1n) is 12.5. The first kappa shape index (κ1) is 30.2. The number of hydrogen-bond acceptors (Lipinski definition) is 8. The third-order valence-corrected chi connectivity index (χ3v) is 10.7. The van der Waals surface area contributed by atoms with Gasteiger partial charge in [0.25, 0.3) is 0 Å². The first-order valence-corrected chi connectivity index (χ1v) is 15.4. The minimum atomic E-state index is -2.35. The largest absolute Gasteiger partial charge is 0.460 e. The van der Waals surface area contributed by atoms with Crippen LogP contribution in [0, 0.1) is 0 Å². The Kier molecular flexibility index (Phi) is 10.9. The summed E-state index contributed by atoms with van der Waals surface area (Å²) in [6.45, 7) is 17.1. The van der Waals surface area contributed by atoms with Gasteiger partial charge in [0.2, 0.25) is 0 Å². The molecule has 1 saturated heterocycles. The summed E-state index contributed by atoms with van der Waals surface area (Å²) in [7, 11) is -2.35. The highest BCUT2D eigenvalue weighted by Gasteiger charge is 2.44. The molecule has 1 heterocycles. The quantitative estimate of drug-likeness (QED) is 0.258. The molecule has 10 heteroatoms. The predicted octanol–water partition coefficient (Wildman–Crippen LogP) is 4.67. The van der Waals surface area contributed by atoms with Gasteiger partial charge in [0.1, 0.15) is 18.2 Å². The Hall–Kier alpha value is -1.98. The molecule has 0 radical (unpaired) electrons. The van der Waals surface area contributed by atoms with Gasteiger partial charge in [-0.25, -0.2) is 10.2 Å². The Morgan fingerprint density at radius 3 is 2.22 bits per heavy atom. The van der Waals surface area contributed by atoms with E-state index < -0.39 is 44.4 Å². The van der Waals surface area contributed by atoms with Gasteiger partial charge in [0.05, 0.1) is 19.3 Å². The number of carbonyl (C=O) groups is 2. The topological polar surface area (TPSA) is 104 Å². The number of hydrazine groups is 1. The lowest BCUT2D eigenvalue weighted by Crippen LogP contribution is -2.59. The minimum absolute atomic E-state index is 0.0908. The Morgan fingerprint density at radius 2 is 1.67 bits per heavy atom. The van der Waals surface area contributed by atoms with Crippen LogP contribution in [0.25, 0.3) is 0 Å². The average Bonchev–Trinajstić information content (AvgIpc) is 2.77. The normalized spacial score (nSPS) is 17.2. The van der Waals surface area contributed by atoms with Crippen molar-refractivity contribution in [3.63, 3.8) is 0 Å². The second-order valence-corrected chi connectivity index (χ2v) is 16.3. The lowest BCUT2D eigenvalue weighted by molar-refractivity contribution is -0.193. The fourth-order valence-corrected chi connectivity index (χ4v) is 4.57. The highest BCUT2D eigenvalue weighted by molar-refractivity contribution is 6.74. The second-order valence-electron chi connectivity index (χ2n) is 11.5. The van der Waals surface area contributed by atoms with Gasteiger partial charge in [-0.15, -0.1) is 0 Å². The number of nitrogens with one attached hydrogen (secondary N) is 2. The molecule has 2 atom stereocenters. The molecule has 2 rings (SSSR count). The number of hydrogen-bond donors (Lipinski definition) is 2. The standard InChI is InChI=1S/C26H44N2O7Si/c1-25(2,3)34-24(30)28-27-22(23(29)33-18-19-13-10-9-11-14-19)20(17-21-31-15-12-16-32-21)35-36(7,8)26(4,5)6/h9-11,13-14,20-22,27H,12,15-18H2,1-8H3,(H,28,30)/t20-,22-/m0/s1. The van der Waals surface area contributed by atoms with Crippen molar-refractivity contribution in [3.8, 4) is 0 Å². The summed E-state index contributed by atoms with van der Waals surface area (Å²) in [5, 5.41) is -0.114. The molecule has 36 heavy (non-hydrogen) atoms. The number of rotatable bonds is 10. The van der Waals surface area contributed by atoms with Gasteiger partial charge in [0, 0.05) is 6.42 Å². The summed E-state index contributed by atoms with van der Waals surface area (Å²) >= 11 is 0. The molecule has 9 nitrogen and oxygen atoms in total. The van der Waals surface area contributed by atoms with Crippen LogP contribution < -0.4 is 10.9 Å². The first-order chi connectivity index (χ1) is 16.7. The molecule has 1 aromatic carbocycles. The van der Waals surface area contributed by atoms with E-state index >= 15 is 0 Å². The third-order valence-electron chi connectivity index (χ3n) is 6.15. The number of amides is 1. The Morgan fingerprint density at radius 1 is 1.06 bits per heavy atom. The molecule has 0 aromatic heterocycles. The van der Waals surface area contributed by atoms with Gasteiger partial charge in [-0.3, -0.25) is 10.2 Å². The Labute approximate surface area is 216 Å². The minimum Gasteiger partial charge on any atom is -0.460 e. The lowest BCUT2D eigenvalue weighted by atomic mass is 10.1. The molecule has 1 fully saturated rings. The number of carbonyl (C=O) groups excluding carboxylic acids is 2. The molecule has 2 N–H and O–H groups in total. The van der Waals surface area contributed by atoms with Crippen molar-refractivity contribution < 1.29 is 33.0 Å². The Balaban J connectivity index is 2.28. The van der Waals surface area contributed by atoms with Gasteiger partial charge in [-0.05, 0) is 50.9 Å². The van der Waals surface area contributed by atoms with E-state index in [2.05, 4.69) is 44.7 Å². The van der Waals surface area contributed by atoms with Crippen LogP contribution in [0.15, 0.2) is 30.3 Å². The molecule has 0 spiro atoms. The van der Waals surface area contributed by atoms with Crippen molar-refractivity contribution in [1.82, 2.24) is 10.9 Å². The zero-order chi connectivity index (χ0) is 27.0. The zero-order valence-corrected chi connectivity index (χ0v) is 24.0. The van der Waals surface area contributed by atoms with Crippen LogP contribution in [0.1, 0.15) is 59.9 Å². The predicted molar refractivity (Wildman–Crippen MR) is 140 cm³/mol. The fraction of sp³-hybridized carbons (Fsp3) is 0.692. The summed E-state index contributed by atoms with van der Waals surface area (Å²) in [6.07, 6.45) is -0.820. The molecular weight excluding hydrogens is 480 g/mol. The van der Waals surface area contributed by atoms with Crippen LogP contribution in [-0.4, -0.2) is 57.6 Å². The SMILES string of the molecule is CC(C)(C)OC(=O)NN[C@H](C(=O)OCc1ccccc1)[C@H](CC1OCCCO1)O[Si](C)(C)C(C)(C)C. The molecule has 0 unspecified atom stereocenters. The number of ether oxygens (including phenoxy) is 4. The molecule has 1 aliphatic rings. The molecular formula is C26H44N2O7Si. The molecule has 0 bridgehead atoms. The average molecular weight is 525 g/mol. The van der Waals surface area contributed by atoms with Crippen LogP contribution in [0.3, 0.4) is 0 Å². The summed E-state index contributed by atoms with van der Waals surface area (Å²) in [5.74, 6) is -0.561. The van der Waals surface area contributed by atoms with Crippen LogP contribution in [-0.2, 0) is 34.8 Å².